The SMILES string of the molecule is CC(C)n1nc(-c2cccnc2)c2ccccc2c1=O. The van der Waals surface area contributed by atoms with Gasteiger partial charge in [-0.15, -0.1) is 0 Å². The standard InChI is InChI=1S/C16H15N3O/c1-11(2)19-16(20)14-8-4-3-7-13(14)15(18-19)12-6-5-9-17-10-12/h3-11H,1-2H3. The maximum atomic E-state index is 12.4. The molecule has 1 aromatic carbocycles. The number of pyridine rings is 1. The van der Waals surface area contributed by atoms with Crippen LogP contribution in [0.3, 0.4) is 0 Å². The molecule has 0 aliphatic carbocycles. The molecule has 0 atom stereocenters. The van der Waals surface area contributed by atoms with Crippen LogP contribution in [-0.2, 0) is 0 Å². The summed E-state index contributed by atoms with van der Waals surface area (Å²) in [6, 6.07) is 11.4. The van der Waals surface area contributed by atoms with E-state index in [2.05, 4.69) is 10.1 Å². The van der Waals surface area contributed by atoms with Crippen molar-refractivity contribution < 1.29 is 0 Å². The van der Waals surface area contributed by atoms with Crippen LogP contribution in [0.15, 0.2) is 53.6 Å². The highest BCUT2D eigenvalue weighted by molar-refractivity contribution is 5.93. The number of benzene rings is 1. The average molecular weight is 265 g/mol. The number of hydrogen-bond acceptors (Lipinski definition) is 3. The van der Waals surface area contributed by atoms with Gasteiger partial charge in [-0.05, 0) is 32.0 Å². The van der Waals surface area contributed by atoms with Crippen LogP contribution in [0.4, 0.5) is 0 Å². The lowest BCUT2D eigenvalue weighted by Gasteiger charge is -2.13. The van der Waals surface area contributed by atoms with Gasteiger partial charge in [0, 0.05) is 23.3 Å². The highest BCUT2D eigenvalue weighted by Crippen LogP contribution is 2.24. The van der Waals surface area contributed by atoms with Crippen LogP contribution in [-0.4, -0.2) is 14.8 Å². The fourth-order valence-electron chi connectivity index (χ4n) is 2.27. The predicted molar refractivity (Wildman–Crippen MR) is 79.6 cm³/mol. The fraction of sp³-hybridized carbons (Fsp3) is 0.188. The Kier molecular flexibility index (Phi) is 3.06. The maximum absolute atomic E-state index is 12.4. The van der Waals surface area contributed by atoms with E-state index in [0.29, 0.717) is 5.39 Å². The van der Waals surface area contributed by atoms with Crippen molar-refractivity contribution in [3.63, 3.8) is 0 Å². The molecule has 0 fully saturated rings. The predicted octanol–water partition coefficient (Wildman–Crippen LogP) is 3.04. The van der Waals surface area contributed by atoms with E-state index >= 15 is 0 Å². The molecule has 0 unspecified atom stereocenters. The Morgan fingerprint density at radius 1 is 1.05 bits per heavy atom. The zero-order chi connectivity index (χ0) is 14.1. The van der Waals surface area contributed by atoms with E-state index in [1.54, 1.807) is 12.4 Å². The molecule has 0 saturated heterocycles. The Labute approximate surface area is 116 Å². The van der Waals surface area contributed by atoms with Crippen LogP contribution in [0.5, 0.6) is 0 Å². The van der Waals surface area contributed by atoms with Gasteiger partial charge in [-0.25, -0.2) is 4.68 Å². The fourth-order valence-corrected chi connectivity index (χ4v) is 2.27. The van der Waals surface area contributed by atoms with Crippen molar-refractivity contribution in [1.29, 1.82) is 0 Å². The molecule has 4 nitrogen and oxygen atoms in total. The number of rotatable bonds is 2. The summed E-state index contributed by atoms with van der Waals surface area (Å²) in [5, 5.41) is 6.09. The summed E-state index contributed by atoms with van der Waals surface area (Å²) in [6.07, 6.45) is 3.49. The van der Waals surface area contributed by atoms with Crippen molar-refractivity contribution >= 4 is 10.8 Å². The molecule has 0 aliphatic rings. The minimum absolute atomic E-state index is 0.0162. The van der Waals surface area contributed by atoms with Crippen molar-refractivity contribution in [2.45, 2.75) is 19.9 Å². The third-order valence-electron chi connectivity index (χ3n) is 3.25. The molecule has 0 radical (unpaired) electrons. The molecule has 0 saturated carbocycles. The molecular weight excluding hydrogens is 250 g/mol. The van der Waals surface area contributed by atoms with E-state index in [1.165, 1.54) is 4.68 Å². The summed E-state index contributed by atoms with van der Waals surface area (Å²) < 4.78 is 1.53. The third-order valence-corrected chi connectivity index (χ3v) is 3.25. The summed E-state index contributed by atoms with van der Waals surface area (Å²) in [6.45, 7) is 3.91. The monoisotopic (exact) mass is 265 g/mol. The molecule has 0 spiro atoms. The first-order valence-electron chi connectivity index (χ1n) is 6.60. The number of aromatic nitrogens is 3. The second kappa shape index (κ2) is 4.89. The molecule has 0 amide bonds. The lowest BCUT2D eigenvalue weighted by Crippen LogP contribution is -2.25. The molecule has 0 bridgehead atoms. The van der Waals surface area contributed by atoms with E-state index in [0.717, 1.165) is 16.6 Å². The summed E-state index contributed by atoms with van der Waals surface area (Å²) >= 11 is 0. The lowest BCUT2D eigenvalue weighted by molar-refractivity contribution is 0.509. The van der Waals surface area contributed by atoms with E-state index in [9.17, 15) is 4.79 Å². The van der Waals surface area contributed by atoms with Crippen LogP contribution >= 0.6 is 0 Å². The van der Waals surface area contributed by atoms with Gasteiger partial charge in [0.2, 0.25) is 0 Å². The molecule has 2 aromatic heterocycles. The smallest absolute Gasteiger partial charge is 0.267 e. The molecule has 3 aromatic rings. The maximum Gasteiger partial charge on any atom is 0.274 e. The Hall–Kier alpha value is -2.49. The van der Waals surface area contributed by atoms with E-state index in [4.69, 9.17) is 0 Å². The number of fused-ring (bicyclic) bond motifs is 1. The van der Waals surface area contributed by atoms with Crippen molar-refractivity contribution in [2.24, 2.45) is 0 Å². The van der Waals surface area contributed by atoms with E-state index < -0.39 is 0 Å². The van der Waals surface area contributed by atoms with Gasteiger partial charge in [0.1, 0.15) is 5.69 Å². The summed E-state index contributed by atoms with van der Waals surface area (Å²) in [4.78, 5) is 16.6. The quantitative estimate of drug-likeness (QED) is 0.715. The third kappa shape index (κ3) is 1.99. The second-order valence-corrected chi connectivity index (χ2v) is 4.98. The van der Waals surface area contributed by atoms with Crippen LogP contribution in [0.1, 0.15) is 19.9 Å². The lowest BCUT2D eigenvalue weighted by atomic mass is 10.1. The summed E-state index contributed by atoms with van der Waals surface area (Å²) in [5.74, 6) is 0. The van der Waals surface area contributed by atoms with Gasteiger partial charge in [-0.1, -0.05) is 18.2 Å². The zero-order valence-corrected chi connectivity index (χ0v) is 11.4. The molecule has 2 heterocycles. The minimum atomic E-state index is -0.0526. The highest BCUT2D eigenvalue weighted by atomic mass is 16.1. The van der Waals surface area contributed by atoms with Gasteiger partial charge in [0.05, 0.1) is 11.4 Å². The Morgan fingerprint density at radius 2 is 1.80 bits per heavy atom. The first-order chi connectivity index (χ1) is 9.68. The van der Waals surface area contributed by atoms with Crippen molar-refractivity contribution in [2.75, 3.05) is 0 Å². The molecule has 20 heavy (non-hydrogen) atoms. The molecule has 3 rings (SSSR count). The van der Waals surface area contributed by atoms with Crippen LogP contribution < -0.4 is 5.56 Å². The number of nitrogens with zero attached hydrogens (tertiary/aromatic N) is 3. The Bertz CT molecular complexity index is 807. The van der Waals surface area contributed by atoms with Gasteiger partial charge >= 0.3 is 0 Å². The van der Waals surface area contributed by atoms with E-state index in [1.807, 2.05) is 50.2 Å². The van der Waals surface area contributed by atoms with Gasteiger partial charge < -0.3 is 0 Å². The van der Waals surface area contributed by atoms with Crippen LogP contribution in [0.2, 0.25) is 0 Å². The number of hydrogen-bond donors (Lipinski definition) is 0. The first kappa shape index (κ1) is 12.5. The topological polar surface area (TPSA) is 47.8 Å². The molecule has 0 aliphatic heterocycles. The molecular formula is C16H15N3O. The summed E-state index contributed by atoms with van der Waals surface area (Å²) in [5.41, 5.74) is 1.66. The average Bonchev–Trinajstić information content (AvgIpc) is 2.48. The Balaban J connectivity index is 2.42. The van der Waals surface area contributed by atoms with Gasteiger partial charge in [0.25, 0.3) is 5.56 Å². The van der Waals surface area contributed by atoms with E-state index in [-0.39, 0.29) is 11.6 Å². The van der Waals surface area contributed by atoms with Crippen LogP contribution in [0.25, 0.3) is 22.0 Å². The van der Waals surface area contributed by atoms with Crippen molar-refractivity contribution in [3.8, 4) is 11.3 Å². The molecule has 100 valence electrons. The van der Waals surface area contributed by atoms with Gasteiger partial charge in [-0.2, -0.15) is 5.10 Å². The normalized spacial score (nSPS) is 11.2. The van der Waals surface area contributed by atoms with Gasteiger partial charge in [0.15, 0.2) is 0 Å². The largest absolute Gasteiger partial charge is 0.274 e. The second-order valence-electron chi connectivity index (χ2n) is 4.98. The first-order valence-corrected chi connectivity index (χ1v) is 6.60. The minimum Gasteiger partial charge on any atom is -0.267 e. The summed E-state index contributed by atoms with van der Waals surface area (Å²) in [7, 11) is 0. The van der Waals surface area contributed by atoms with Crippen molar-refractivity contribution in [1.82, 2.24) is 14.8 Å². The zero-order valence-electron chi connectivity index (χ0n) is 11.4. The molecule has 0 N–H and O–H groups in total. The van der Waals surface area contributed by atoms with Crippen molar-refractivity contribution in [3.05, 3.63) is 59.1 Å². The molecule has 4 heteroatoms. The van der Waals surface area contributed by atoms with Gasteiger partial charge in [-0.3, -0.25) is 9.78 Å². The highest BCUT2D eigenvalue weighted by Gasteiger charge is 2.13. The van der Waals surface area contributed by atoms with Crippen LogP contribution in [0, 0.1) is 0 Å². The Morgan fingerprint density at radius 3 is 2.45 bits per heavy atom.